The predicted molar refractivity (Wildman–Crippen MR) is 59.1 cm³/mol. The number of hydrogen-bond acceptors (Lipinski definition) is 5. The van der Waals surface area contributed by atoms with E-state index < -0.39 is 4.92 Å². The van der Waals surface area contributed by atoms with Crippen LogP contribution in [-0.2, 0) is 0 Å². The van der Waals surface area contributed by atoms with Gasteiger partial charge in [0.1, 0.15) is 12.4 Å². The molecule has 1 aliphatic carbocycles. The molecule has 1 saturated carbocycles. The van der Waals surface area contributed by atoms with E-state index >= 15 is 0 Å². The molecule has 0 atom stereocenters. The number of anilines is 1. The van der Waals surface area contributed by atoms with Gasteiger partial charge in [0.25, 0.3) is 0 Å². The molecule has 6 nitrogen and oxygen atoms in total. The Morgan fingerprint density at radius 1 is 1.38 bits per heavy atom. The Hall–Kier alpha value is -1.72. The first kappa shape index (κ1) is 10.8. The second-order valence-corrected chi connectivity index (χ2v) is 4.05. The minimum absolute atomic E-state index is 0.0774. The van der Waals surface area contributed by atoms with Crippen molar-refractivity contribution in [3.8, 4) is 0 Å². The average Bonchev–Trinajstić information content (AvgIpc) is 2.80. The molecule has 0 amide bonds. The maximum Gasteiger partial charge on any atom is 0.305 e. The smallest absolute Gasteiger partial charge is 0.305 e. The molecular formula is C10H14N4O2. The molecule has 16 heavy (non-hydrogen) atoms. The molecule has 0 aromatic carbocycles. The van der Waals surface area contributed by atoms with Gasteiger partial charge in [0.2, 0.25) is 5.95 Å². The summed E-state index contributed by atoms with van der Waals surface area (Å²) in [5, 5.41) is 13.5. The van der Waals surface area contributed by atoms with Crippen molar-refractivity contribution in [2.45, 2.75) is 25.7 Å². The molecule has 1 aromatic rings. The third-order valence-electron chi connectivity index (χ3n) is 2.87. The van der Waals surface area contributed by atoms with Gasteiger partial charge in [0.05, 0.1) is 4.92 Å². The van der Waals surface area contributed by atoms with Gasteiger partial charge in [0, 0.05) is 6.54 Å². The molecule has 0 spiro atoms. The highest BCUT2D eigenvalue weighted by atomic mass is 16.6. The summed E-state index contributed by atoms with van der Waals surface area (Å²) >= 11 is 0. The van der Waals surface area contributed by atoms with Crippen LogP contribution < -0.4 is 5.32 Å². The SMILES string of the molecule is O=[N+]([O-])c1cnc(NCC2CCCC2)nc1. The van der Waals surface area contributed by atoms with Gasteiger partial charge in [-0.15, -0.1) is 0 Å². The highest BCUT2D eigenvalue weighted by molar-refractivity contribution is 5.30. The second kappa shape index (κ2) is 4.87. The molecule has 2 rings (SSSR count). The van der Waals surface area contributed by atoms with E-state index in [1.165, 1.54) is 38.1 Å². The average molecular weight is 222 g/mol. The zero-order valence-corrected chi connectivity index (χ0v) is 8.93. The van der Waals surface area contributed by atoms with Crippen LogP contribution in [0.3, 0.4) is 0 Å². The van der Waals surface area contributed by atoms with Gasteiger partial charge in [-0.05, 0) is 18.8 Å². The van der Waals surface area contributed by atoms with Crippen LogP contribution >= 0.6 is 0 Å². The summed E-state index contributed by atoms with van der Waals surface area (Å²) in [5.74, 6) is 1.16. The Morgan fingerprint density at radius 2 is 2.00 bits per heavy atom. The summed E-state index contributed by atoms with van der Waals surface area (Å²) < 4.78 is 0. The fourth-order valence-corrected chi connectivity index (χ4v) is 1.96. The maximum absolute atomic E-state index is 10.4. The molecule has 6 heteroatoms. The van der Waals surface area contributed by atoms with Crippen molar-refractivity contribution in [3.63, 3.8) is 0 Å². The number of nitro groups is 1. The van der Waals surface area contributed by atoms with Crippen LogP contribution in [0.1, 0.15) is 25.7 Å². The Kier molecular flexibility index (Phi) is 3.28. The largest absolute Gasteiger partial charge is 0.354 e. The van der Waals surface area contributed by atoms with Crippen molar-refractivity contribution in [3.05, 3.63) is 22.5 Å². The molecule has 0 aliphatic heterocycles. The summed E-state index contributed by atoms with van der Waals surface area (Å²) in [5.41, 5.74) is -0.0774. The minimum atomic E-state index is -0.499. The van der Waals surface area contributed by atoms with E-state index in [0.29, 0.717) is 11.9 Å². The zero-order valence-electron chi connectivity index (χ0n) is 8.93. The topological polar surface area (TPSA) is 81.0 Å². The molecule has 1 N–H and O–H groups in total. The first-order valence-corrected chi connectivity index (χ1v) is 5.46. The number of nitrogens with zero attached hydrogens (tertiary/aromatic N) is 3. The lowest BCUT2D eigenvalue weighted by Gasteiger charge is -2.09. The highest BCUT2D eigenvalue weighted by Gasteiger charge is 2.15. The van der Waals surface area contributed by atoms with Crippen LogP contribution in [0.15, 0.2) is 12.4 Å². The van der Waals surface area contributed by atoms with Gasteiger partial charge in [-0.1, -0.05) is 12.8 Å². The monoisotopic (exact) mass is 222 g/mol. The summed E-state index contributed by atoms with van der Waals surface area (Å²) in [6, 6.07) is 0. The van der Waals surface area contributed by atoms with Crippen molar-refractivity contribution in [1.82, 2.24) is 9.97 Å². The van der Waals surface area contributed by atoms with Gasteiger partial charge in [-0.3, -0.25) is 10.1 Å². The van der Waals surface area contributed by atoms with E-state index in [1.807, 2.05) is 0 Å². The third-order valence-corrected chi connectivity index (χ3v) is 2.87. The molecular weight excluding hydrogens is 208 g/mol. The van der Waals surface area contributed by atoms with Gasteiger partial charge in [-0.25, -0.2) is 9.97 Å². The Balaban J connectivity index is 1.87. The quantitative estimate of drug-likeness (QED) is 0.622. The van der Waals surface area contributed by atoms with Crippen LogP contribution in [0, 0.1) is 16.0 Å². The van der Waals surface area contributed by atoms with Gasteiger partial charge in [-0.2, -0.15) is 0 Å². The molecule has 86 valence electrons. The summed E-state index contributed by atoms with van der Waals surface area (Å²) in [4.78, 5) is 17.7. The highest BCUT2D eigenvalue weighted by Crippen LogP contribution is 2.24. The second-order valence-electron chi connectivity index (χ2n) is 4.05. The van der Waals surface area contributed by atoms with Crippen molar-refractivity contribution in [2.24, 2.45) is 5.92 Å². The van der Waals surface area contributed by atoms with Crippen molar-refractivity contribution in [1.29, 1.82) is 0 Å². The fourth-order valence-electron chi connectivity index (χ4n) is 1.96. The normalized spacial score (nSPS) is 16.2. The van der Waals surface area contributed by atoms with Crippen molar-refractivity contribution in [2.75, 3.05) is 11.9 Å². The predicted octanol–water partition coefficient (Wildman–Crippen LogP) is 1.99. The molecule has 0 unspecified atom stereocenters. The standard InChI is InChI=1S/C10H14N4O2/c15-14(16)9-6-12-10(13-7-9)11-5-8-3-1-2-4-8/h6-8H,1-5H2,(H,11,12,13). The van der Waals surface area contributed by atoms with E-state index in [2.05, 4.69) is 15.3 Å². The lowest BCUT2D eigenvalue weighted by atomic mass is 10.1. The van der Waals surface area contributed by atoms with Crippen LogP contribution in [-0.4, -0.2) is 21.4 Å². The first-order chi connectivity index (χ1) is 7.75. The minimum Gasteiger partial charge on any atom is -0.354 e. The summed E-state index contributed by atoms with van der Waals surface area (Å²) in [6.07, 6.45) is 7.55. The van der Waals surface area contributed by atoms with Crippen LogP contribution in [0.5, 0.6) is 0 Å². The molecule has 1 fully saturated rings. The van der Waals surface area contributed by atoms with Gasteiger partial charge >= 0.3 is 5.69 Å². The Morgan fingerprint density at radius 3 is 2.56 bits per heavy atom. The zero-order chi connectivity index (χ0) is 11.4. The number of aromatic nitrogens is 2. The van der Waals surface area contributed by atoms with Crippen molar-refractivity contribution < 1.29 is 4.92 Å². The van der Waals surface area contributed by atoms with Gasteiger partial charge < -0.3 is 5.32 Å². The fraction of sp³-hybridized carbons (Fsp3) is 0.600. The molecule has 0 bridgehead atoms. The molecule has 1 aromatic heterocycles. The molecule has 0 saturated heterocycles. The van der Waals surface area contributed by atoms with Crippen molar-refractivity contribution >= 4 is 11.6 Å². The summed E-state index contributed by atoms with van der Waals surface area (Å²) in [6.45, 7) is 0.859. The molecule has 1 aliphatic rings. The van der Waals surface area contributed by atoms with Crippen LogP contribution in [0.25, 0.3) is 0 Å². The van der Waals surface area contributed by atoms with E-state index in [0.717, 1.165) is 6.54 Å². The molecule has 1 heterocycles. The van der Waals surface area contributed by atoms with E-state index in [1.54, 1.807) is 0 Å². The number of hydrogen-bond donors (Lipinski definition) is 1. The van der Waals surface area contributed by atoms with E-state index in [-0.39, 0.29) is 5.69 Å². The Bertz CT molecular complexity index is 360. The maximum atomic E-state index is 10.4. The first-order valence-electron chi connectivity index (χ1n) is 5.46. The number of rotatable bonds is 4. The summed E-state index contributed by atoms with van der Waals surface area (Å²) in [7, 11) is 0. The van der Waals surface area contributed by atoms with E-state index in [9.17, 15) is 10.1 Å². The van der Waals surface area contributed by atoms with Crippen LogP contribution in [0.4, 0.5) is 11.6 Å². The number of nitrogens with one attached hydrogen (secondary N) is 1. The Labute approximate surface area is 93.3 Å². The van der Waals surface area contributed by atoms with Crippen LogP contribution in [0.2, 0.25) is 0 Å². The van der Waals surface area contributed by atoms with Gasteiger partial charge in [0.15, 0.2) is 0 Å². The third kappa shape index (κ3) is 2.65. The lowest BCUT2D eigenvalue weighted by Crippen LogP contribution is -2.12. The lowest BCUT2D eigenvalue weighted by molar-refractivity contribution is -0.385. The van der Waals surface area contributed by atoms with E-state index in [4.69, 9.17) is 0 Å². The molecule has 0 radical (unpaired) electrons.